The number of methoxy groups -OCH3 is 1. The summed E-state index contributed by atoms with van der Waals surface area (Å²) in [4.78, 5) is 13.9. The molecule has 0 saturated heterocycles. The van der Waals surface area contributed by atoms with Gasteiger partial charge in [0.2, 0.25) is 5.91 Å². The minimum absolute atomic E-state index is 0.164. The van der Waals surface area contributed by atoms with Gasteiger partial charge in [-0.3, -0.25) is 9.69 Å². The molecule has 0 aliphatic heterocycles. The molecule has 23 heavy (non-hydrogen) atoms. The van der Waals surface area contributed by atoms with E-state index in [0.29, 0.717) is 19.4 Å². The van der Waals surface area contributed by atoms with E-state index in [-0.39, 0.29) is 18.2 Å². The lowest BCUT2D eigenvalue weighted by atomic mass is 10.00. The van der Waals surface area contributed by atoms with Gasteiger partial charge < -0.3 is 10.1 Å². The molecule has 0 radical (unpaired) electrons. The third-order valence-corrected chi connectivity index (χ3v) is 4.13. The molecule has 0 aromatic heterocycles. The maximum atomic E-state index is 13.7. The minimum atomic E-state index is -0.704. The molecular formula is C17H22FN3O2. The smallest absolute Gasteiger partial charge is 0.235 e. The highest BCUT2D eigenvalue weighted by atomic mass is 19.1. The van der Waals surface area contributed by atoms with Crippen molar-refractivity contribution in [2.24, 2.45) is 0 Å². The largest absolute Gasteiger partial charge is 0.494 e. The number of hydrogen-bond donors (Lipinski definition) is 1. The lowest BCUT2D eigenvalue weighted by Gasteiger charge is -2.24. The Hall–Kier alpha value is -2.13. The summed E-state index contributed by atoms with van der Waals surface area (Å²) in [6, 6.07) is 6.98. The lowest BCUT2D eigenvalue weighted by molar-refractivity contribution is -0.123. The number of hydrogen-bond acceptors (Lipinski definition) is 4. The van der Waals surface area contributed by atoms with E-state index < -0.39 is 11.4 Å². The summed E-state index contributed by atoms with van der Waals surface area (Å²) in [6.07, 6.45) is 3.36. The molecule has 1 amide bonds. The molecule has 1 aromatic carbocycles. The number of halogens is 1. The number of nitrogens with one attached hydrogen (secondary N) is 1. The molecule has 0 atom stereocenters. The van der Waals surface area contributed by atoms with Crippen molar-refractivity contribution in [3.05, 3.63) is 29.6 Å². The third-order valence-electron chi connectivity index (χ3n) is 4.13. The standard InChI is InChI=1S/C17H22FN3O2/c1-21(10-13-5-6-15(23-2)14(18)9-13)11-16(22)20-17(12-19)7-3-4-8-17/h5-6,9H,3-4,7-8,10-11H2,1-2H3,(H,20,22). The molecule has 124 valence electrons. The second-order valence-corrected chi connectivity index (χ2v) is 6.09. The summed E-state index contributed by atoms with van der Waals surface area (Å²) in [5.74, 6) is -0.395. The second-order valence-electron chi connectivity index (χ2n) is 6.09. The summed E-state index contributed by atoms with van der Waals surface area (Å²) < 4.78 is 18.6. The Morgan fingerprint density at radius 1 is 1.48 bits per heavy atom. The molecule has 0 bridgehead atoms. The van der Waals surface area contributed by atoms with Crippen LogP contribution in [0.15, 0.2) is 18.2 Å². The van der Waals surface area contributed by atoms with Crippen molar-refractivity contribution < 1.29 is 13.9 Å². The first-order chi connectivity index (χ1) is 11.0. The predicted octanol–water partition coefficient (Wildman–Crippen LogP) is 2.22. The molecule has 0 unspecified atom stereocenters. The summed E-state index contributed by atoms with van der Waals surface area (Å²) in [7, 11) is 3.21. The van der Waals surface area contributed by atoms with Crippen LogP contribution in [-0.4, -0.2) is 37.0 Å². The van der Waals surface area contributed by atoms with Crippen molar-refractivity contribution >= 4 is 5.91 Å². The van der Waals surface area contributed by atoms with Gasteiger partial charge in [0.25, 0.3) is 0 Å². The molecule has 2 rings (SSSR count). The monoisotopic (exact) mass is 319 g/mol. The van der Waals surface area contributed by atoms with E-state index >= 15 is 0 Å². The van der Waals surface area contributed by atoms with Gasteiger partial charge in [0.05, 0.1) is 19.7 Å². The van der Waals surface area contributed by atoms with Gasteiger partial charge in [-0.25, -0.2) is 4.39 Å². The number of nitrogens with zero attached hydrogens (tertiary/aromatic N) is 2. The first-order valence-corrected chi connectivity index (χ1v) is 7.71. The second kappa shape index (κ2) is 7.42. The van der Waals surface area contributed by atoms with E-state index in [1.165, 1.54) is 13.2 Å². The van der Waals surface area contributed by atoms with Crippen LogP contribution in [-0.2, 0) is 11.3 Å². The van der Waals surface area contributed by atoms with Gasteiger partial charge in [-0.15, -0.1) is 0 Å². The molecule has 1 aromatic rings. The van der Waals surface area contributed by atoms with E-state index in [1.54, 1.807) is 24.1 Å². The van der Waals surface area contributed by atoms with Gasteiger partial charge in [0.1, 0.15) is 5.54 Å². The number of amides is 1. The van der Waals surface area contributed by atoms with E-state index in [0.717, 1.165) is 18.4 Å². The van der Waals surface area contributed by atoms with Crippen LogP contribution in [0, 0.1) is 17.1 Å². The fourth-order valence-corrected chi connectivity index (χ4v) is 2.97. The quantitative estimate of drug-likeness (QED) is 0.873. The molecule has 5 nitrogen and oxygen atoms in total. The van der Waals surface area contributed by atoms with Gasteiger partial charge in [0, 0.05) is 6.54 Å². The fourth-order valence-electron chi connectivity index (χ4n) is 2.97. The van der Waals surface area contributed by atoms with Gasteiger partial charge in [-0.2, -0.15) is 5.26 Å². The van der Waals surface area contributed by atoms with Gasteiger partial charge in [-0.05, 0) is 50.4 Å². The summed E-state index contributed by atoms with van der Waals surface area (Å²) in [5, 5.41) is 12.1. The zero-order chi connectivity index (χ0) is 16.9. The van der Waals surface area contributed by atoms with Gasteiger partial charge >= 0.3 is 0 Å². The van der Waals surface area contributed by atoms with Crippen LogP contribution in [0.1, 0.15) is 31.2 Å². The maximum absolute atomic E-state index is 13.7. The van der Waals surface area contributed by atoms with Crippen LogP contribution in [0.25, 0.3) is 0 Å². The molecule has 1 aliphatic carbocycles. The van der Waals surface area contributed by atoms with E-state index in [2.05, 4.69) is 11.4 Å². The SMILES string of the molecule is COc1ccc(CN(C)CC(=O)NC2(C#N)CCCC2)cc1F. The van der Waals surface area contributed by atoms with Crippen LogP contribution in [0.3, 0.4) is 0 Å². The number of carbonyl (C=O) groups excluding carboxylic acids is 1. The molecular weight excluding hydrogens is 297 g/mol. The van der Waals surface area contributed by atoms with Gasteiger partial charge in [0.15, 0.2) is 11.6 Å². The Labute approximate surface area is 136 Å². The zero-order valence-corrected chi connectivity index (χ0v) is 13.6. The summed E-state index contributed by atoms with van der Waals surface area (Å²) in [6.45, 7) is 0.602. The molecule has 1 saturated carbocycles. The Morgan fingerprint density at radius 2 is 2.17 bits per heavy atom. The third kappa shape index (κ3) is 4.42. The van der Waals surface area contributed by atoms with E-state index in [4.69, 9.17) is 4.74 Å². The number of benzene rings is 1. The lowest BCUT2D eigenvalue weighted by Crippen LogP contribution is -2.48. The molecule has 1 N–H and O–H groups in total. The molecule has 0 heterocycles. The molecule has 1 aliphatic rings. The van der Waals surface area contributed by atoms with Crippen molar-refractivity contribution in [1.29, 1.82) is 5.26 Å². The minimum Gasteiger partial charge on any atom is -0.494 e. The van der Waals surface area contributed by atoms with Crippen molar-refractivity contribution in [2.45, 2.75) is 37.8 Å². The van der Waals surface area contributed by atoms with E-state index in [1.807, 2.05) is 0 Å². The Morgan fingerprint density at radius 3 is 2.74 bits per heavy atom. The number of nitriles is 1. The predicted molar refractivity (Wildman–Crippen MR) is 84.2 cm³/mol. The fraction of sp³-hybridized carbons (Fsp3) is 0.529. The Kier molecular flexibility index (Phi) is 5.56. The normalized spacial score (nSPS) is 16.1. The van der Waals surface area contributed by atoms with Crippen molar-refractivity contribution in [3.8, 4) is 11.8 Å². The first-order valence-electron chi connectivity index (χ1n) is 7.71. The first kappa shape index (κ1) is 17.2. The summed E-state index contributed by atoms with van der Waals surface area (Å²) in [5.41, 5.74) is 0.0545. The molecule has 0 spiro atoms. The number of ether oxygens (including phenoxy) is 1. The van der Waals surface area contributed by atoms with Crippen LogP contribution < -0.4 is 10.1 Å². The van der Waals surface area contributed by atoms with Crippen LogP contribution in [0.4, 0.5) is 4.39 Å². The highest BCUT2D eigenvalue weighted by Gasteiger charge is 2.35. The Bertz CT molecular complexity index is 606. The molecule has 6 heteroatoms. The number of likely N-dealkylation sites (N-methyl/N-ethyl adjacent to an activating group) is 1. The average molecular weight is 319 g/mol. The van der Waals surface area contributed by atoms with Crippen LogP contribution >= 0.6 is 0 Å². The van der Waals surface area contributed by atoms with Crippen LogP contribution in [0.2, 0.25) is 0 Å². The number of carbonyl (C=O) groups is 1. The van der Waals surface area contributed by atoms with Crippen molar-refractivity contribution in [1.82, 2.24) is 10.2 Å². The topological polar surface area (TPSA) is 65.4 Å². The van der Waals surface area contributed by atoms with Crippen molar-refractivity contribution in [3.63, 3.8) is 0 Å². The van der Waals surface area contributed by atoms with E-state index in [9.17, 15) is 14.4 Å². The maximum Gasteiger partial charge on any atom is 0.235 e. The average Bonchev–Trinajstić information content (AvgIpc) is 2.96. The highest BCUT2D eigenvalue weighted by molar-refractivity contribution is 5.79. The highest BCUT2D eigenvalue weighted by Crippen LogP contribution is 2.28. The summed E-state index contributed by atoms with van der Waals surface area (Å²) >= 11 is 0. The molecule has 1 fully saturated rings. The zero-order valence-electron chi connectivity index (χ0n) is 13.6. The van der Waals surface area contributed by atoms with Crippen molar-refractivity contribution in [2.75, 3.05) is 20.7 Å². The van der Waals surface area contributed by atoms with Gasteiger partial charge in [-0.1, -0.05) is 6.07 Å². The van der Waals surface area contributed by atoms with Crippen LogP contribution in [0.5, 0.6) is 5.75 Å². The Balaban J connectivity index is 1.89. The number of rotatable bonds is 6.